The standard InChI is InChI=1S/C15H21N5O5/c1-9-4-5-17-20(9)8-12(22)19(3)7-11(21)6-16-14(23)13-10(2)25-18-15(13)24/h4-5,11,21H,6-8H2,1-3H3,(H,16,23)(H,18,24). The van der Waals surface area contributed by atoms with Crippen molar-refractivity contribution in [1.29, 1.82) is 0 Å². The quantitative estimate of drug-likeness (QED) is 0.588. The number of hydrogen-bond acceptors (Lipinski definition) is 6. The Labute approximate surface area is 143 Å². The Kier molecular flexibility index (Phi) is 5.75. The Morgan fingerprint density at radius 3 is 2.76 bits per heavy atom. The van der Waals surface area contributed by atoms with Crippen LogP contribution in [-0.4, -0.2) is 63.0 Å². The van der Waals surface area contributed by atoms with Crippen LogP contribution in [0.25, 0.3) is 0 Å². The minimum Gasteiger partial charge on any atom is -0.389 e. The van der Waals surface area contributed by atoms with E-state index in [9.17, 15) is 19.5 Å². The summed E-state index contributed by atoms with van der Waals surface area (Å²) in [5.74, 6) is -0.703. The van der Waals surface area contributed by atoms with Gasteiger partial charge in [-0.2, -0.15) is 10.3 Å². The van der Waals surface area contributed by atoms with Gasteiger partial charge in [-0.1, -0.05) is 0 Å². The lowest BCUT2D eigenvalue weighted by atomic mass is 10.2. The van der Waals surface area contributed by atoms with Crippen LogP contribution in [0.2, 0.25) is 0 Å². The maximum Gasteiger partial charge on any atom is 0.293 e. The highest BCUT2D eigenvalue weighted by atomic mass is 16.5. The van der Waals surface area contributed by atoms with Gasteiger partial charge in [0.05, 0.1) is 6.10 Å². The van der Waals surface area contributed by atoms with Crippen molar-refractivity contribution in [2.45, 2.75) is 26.5 Å². The predicted octanol–water partition coefficient (Wildman–Crippen LogP) is -0.969. The number of aryl methyl sites for hydroxylation is 2. The molecule has 0 aliphatic heterocycles. The van der Waals surface area contributed by atoms with Gasteiger partial charge < -0.3 is 19.8 Å². The van der Waals surface area contributed by atoms with Crippen molar-refractivity contribution < 1.29 is 19.2 Å². The van der Waals surface area contributed by atoms with E-state index >= 15 is 0 Å². The molecule has 1 atom stereocenters. The number of carbonyl (C=O) groups excluding carboxylic acids is 2. The van der Waals surface area contributed by atoms with Crippen molar-refractivity contribution in [2.75, 3.05) is 20.1 Å². The Bertz CT molecular complexity index is 805. The van der Waals surface area contributed by atoms with Gasteiger partial charge in [0.15, 0.2) is 0 Å². The molecule has 10 nitrogen and oxygen atoms in total. The number of aliphatic hydroxyl groups is 1. The molecule has 0 bridgehead atoms. The zero-order valence-corrected chi connectivity index (χ0v) is 14.3. The smallest absolute Gasteiger partial charge is 0.293 e. The lowest BCUT2D eigenvalue weighted by molar-refractivity contribution is -0.132. The number of carbonyl (C=O) groups is 2. The van der Waals surface area contributed by atoms with Crippen LogP contribution >= 0.6 is 0 Å². The molecule has 2 heterocycles. The summed E-state index contributed by atoms with van der Waals surface area (Å²) >= 11 is 0. The van der Waals surface area contributed by atoms with E-state index in [-0.39, 0.29) is 36.9 Å². The number of nitrogens with one attached hydrogen (secondary N) is 2. The van der Waals surface area contributed by atoms with E-state index in [4.69, 9.17) is 4.52 Å². The van der Waals surface area contributed by atoms with Crippen LogP contribution in [0.15, 0.2) is 21.6 Å². The Balaban J connectivity index is 1.82. The number of hydrogen-bond donors (Lipinski definition) is 3. The maximum atomic E-state index is 12.1. The van der Waals surface area contributed by atoms with Crippen molar-refractivity contribution in [3.8, 4) is 0 Å². The van der Waals surface area contributed by atoms with E-state index in [1.165, 1.54) is 11.8 Å². The first kappa shape index (κ1) is 18.5. The third-order valence-electron chi connectivity index (χ3n) is 3.73. The molecule has 2 aromatic rings. The highest BCUT2D eigenvalue weighted by Gasteiger charge is 2.20. The molecule has 0 saturated carbocycles. The molecule has 0 fully saturated rings. The SMILES string of the molecule is Cc1o[nH]c(=O)c1C(=O)NCC(O)CN(C)C(=O)Cn1nccc1C. The highest BCUT2D eigenvalue weighted by molar-refractivity contribution is 5.94. The highest BCUT2D eigenvalue weighted by Crippen LogP contribution is 2.01. The first-order chi connectivity index (χ1) is 11.8. The van der Waals surface area contributed by atoms with Gasteiger partial charge in [0, 0.05) is 32.0 Å². The third kappa shape index (κ3) is 4.57. The largest absolute Gasteiger partial charge is 0.389 e. The van der Waals surface area contributed by atoms with Gasteiger partial charge in [-0.15, -0.1) is 0 Å². The van der Waals surface area contributed by atoms with Crippen molar-refractivity contribution in [3.63, 3.8) is 0 Å². The van der Waals surface area contributed by atoms with Crippen LogP contribution in [0.3, 0.4) is 0 Å². The second-order valence-electron chi connectivity index (χ2n) is 5.73. The molecule has 25 heavy (non-hydrogen) atoms. The van der Waals surface area contributed by atoms with E-state index in [2.05, 4.69) is 15.6 Å². The minimum atomic E-state index is -0.983. The fourth-order valence-corrected chi connectivity index (χ4v) is 2.24. The van der Waals surface area contributed by atoms with E-state index in [0.717, 1.165) is 5.69 Å². The second kappa shape index (κ2) is 7.79. The summed E-state index contributed by atoms with van der Waals surface area (Å²) in [4.78, 5) is 36.8. The Hall–Kier alpha value is -2.88. The minimum absolute atomic E-state index is 0.0279. The summed E-state index contributed by atoms with van der Waals surface area (Å²) in [6.45, 7) is 3.30. The van der Waals surface area contributed by atoms with Gasteiger partial charge in [-0.05, 0) is 19.9 Å². The molecule has 0 radical (unpaired) electrons. The molecule has 2 amide bonds. The second-order valence-corrected chi connectivity index (χ2v) is 5.73. The summed E-state index contributed by atoms with van der Waals surface area (Å²) in [6, 6.07) is 1.79. The number of nitrogens with zero attached hydrogens (tertiary/aromatic N) is 3. The van der Waals surface area contributed by atoms with Gasteiger partial charge in [0.2, 0.25) is 5.91 Å². The molecule has 1 unspecified atom stereocenters. The fourth-order valence-electron chi connectivity index (χ4n) is 2.24. The van der Waals surface area contributed by atoms with Crippen LogP contribution in [0.1, 0.15) is 21.8 Å². The normalized spacial score (nSPS) is 12.0. The van der Waals surface area contributed by atoms with Gasteiger partial charge in [-0.3, -0.25) is 19.1 Å². The molecular weight excluding hydrogens is 330 g/mol. The monoisotopic (exact) mass is 351 g/mol. The summed E-state index contributed by atoms with van der Waals surface area (Å²) in [5.41, 5.74) is 0.0902. The number of aliphatic hydroxyl groups excluding tert-OH is 1. The lowest BCUT2D eigenvalue weighted by Gasteiger charge is -2.21. The fraction of sp³-hybridized carbons (Fsp3) is 0.467. The molecule has 3 N–H and O–H groups in total. The predicted molar refractivity (Wildman–Crippen MR) is 87.0 cm³/mol. The number of amides is 2. The van der Waals surface area contributed by atoms with Crippen molar-refractivity contribution in [1.82, 2.24) is 25.2 Å². The maximum absolute atomic E-state index is 12.1. The van der Waals surface area contributed by atoms with E-state index in [0.29, 0.717) is 0 Å². The van der Waals surface area contributed by atoms with Gasteiger partial charge >= 0.3 is 0 Å². The number of aromatic nitrogens is 3. The van der Waals surface area contributed by atoms with Gasteiger partial charge in [0.1, 0.15) is 17.9 Å². The summed E-state index contributed by atoms with van der Waals surface area (Å²) in [6.07, 6.45) is 0.620. The van der Waals surface area contributed by atoms with Crippen LogP contribution in [0.5, 0.6) is 0 Å². The molecule has 0 aliphatic carbocycles. The zero-order chi connectivity index (χ0) is 18.6. The summed E-state index contributed by atoms with van der Waals surface area (Å²) in [7, 11) is 1.55. The van der Waals surface area contributed by atoms with Crippen molar-refractivity contribution in [2.24, 2.45) is 0 Å². The average molecular weight is 351 g/mol. The topological polar surface area (TPSA) is 133 Å². The summed E-state index contributed by atoms with van der Waals surface area (Å²) < 4.78 is 6.31. The Morgan fingerprint density at radius 2 is 2.20 bits per heavy atom. The van der Waals surface area contributed by atoms with Crippen LogP contribution in [0.4, 0.5) is 0 Å². The van der Waals surface area contributed by atoms with Gasteiger partial charge in [0.25, 0.3) is 11.5 Å². The number of H-pyrrole nitrogens is 1. The van der Waals surface area contributed by atoms with E-state index in [1.54, 1.807) is 24.0 Å². The average Bonchev–Trinajstić information content (AvgIpc) is 3.10. The van der Waals surface area contributed by atoms with E-state index < -0.39 is 17.6 Å². The van der Waals surface area contributed by atoms with E-state index in [1.807, 2.05) is 6.92 Å². The molecule has 136 valence electrons. The summed E-state index contributed by atoms with van der Waals surface area (Å²) in [5, 5.41) is 18.5. The van der Waals surface area contributed by atoms with Gasteiger partial charge in [-0.25, -0.2) is 0 Å². The Morgan fingerprint density at radius 1 is 1.48 bits per heavy atom. The number of likely N-dealkylation sites (N-methyl/N-ethyl adjacent to an activating group) is 1. The van der Waals surface area contributed by atoms with Crippen molar-refractivity contribution in [3.05, 3.63) is 39.6 Å². The molecule has 2 aromatic heterocycles. The van der Waals surface area contributed by atoms with Crippen LogP contribution in [-0.2, 0) is 11.3 Å². The van der Waals surface area contributed by atoms with Crippen LogP contribution < -0.4 is 10.9 Å². The zero-order valence-electron chi connectivity index (χ0n) is 14.3. The van der Waals surface area contributed by atoms with Crippen LogP contribution in [0, 0.1) is 13.8 Å². The number of rotatable bonds is 7. The molecule has 2 rings (SSSR count). The molecule has 0 aromatic carbocycles. The lowest BCUT2D eigenvalue weighted by Crippen LogP contribution is -2.42. The molecule has 0 saturated heterocycles. The number of aromatic amines is 1. The molecular formula is C15H21N5O5. The molecule has 0 spiro atoms. The third-order valence-corrected chi connectivity index (χ3v) is 3.73. The van der Waals surface area contributed by atoms with Crippen molar-refractivity contribution >= 4 is 11.8 Å². The molecule has 0 aliphatic rings. The first-order valence-corrected chi connectivity index (χ1v) is 7.66. The molecule has 10 heteroatoms. The first-order valence-electron chi connectivity index (χ1n) is 7.66.